The average Bonchev–Trinajstić information content (AvgIpc) is 2.49. The van der Waals surface area contributed by atoms with Crippen LogP contribution in [0.5, 0.6) is 0 Å². The summed E-state index contributed by atoms with van der Waals surface area (Å²) >= 11 is -1.27. The van der Waals surface area contributed by atoms with E-state index < -0.39 is 11.2 Å². The number of allylic oxidation sites excluding steroid dienone is 3. The summed E-state index contributed by atoms with van der Waals surface area (Å²) in [4.78, 5) is 11.5. The second-order valence-corrected chi connectivity index (χ2v) is 6.19. The molecule has 0 saturated heterocycles. The molecule has 2 atom stereocenters. The minimum atomic E-state index is -1.27. The highest BCUT2D eigenvalue weighted by Gasteiger charge is 2.29. The number of nitrogens with one attached hydrogen (secondary N) is 1. The summed E-state index contributed by atoms with van der Waals surface area (Å²) in [7, 11) is 1.57. The standard InChI is InChI=1S/C16H19NO2S/c1-17-15(18)12-20(19)16(13-8-4-2-5-9-13)14-10-6-3-7-11-14/h2,4-6,8-11,16H,3,7,12H2,1H3,(H,17,18). The molecule has 0 aromatic heterocycles. The minimum absolute atomic E-state index is 0.0290. The van der Waals surface area contributed by atoms with Crippen molar-refractivity contribution in [3.05, 3.63) is 59.7 Å². The van der Waals surface area contributed by atoms with Crippen molar-refractivity contribution in [2.75, 3.05) is 12.8 Å². The van der Waals surface area contributed by atoms with Gasteiger partial charge in [0.25, 0.3) is 5.91 Å². The van der Waals surface area contributed by atoms with E-state index in [0.717, 1.165) is 24.0 Å². The molecule has 1 N–H and O–H groups in total. The van der Waals surface area contributed by atoms with Crippen LogP contribution in [0.3, 0.4) is 0 Å². The van der Waals surface area contributed by atoms with Gasteiger partial charge in [-0.2, -0.15) is 0 Å². The van der Waals surface area contributed by atoms with Gasteiger partial charge < -0.3 is 9.87 Å². The molecular formula is C16H19NO2S. The maximum atomic E-state index is 12.6. The summed E-state index contributed by atoms with van der Waals surface area (Å²) in [6.45, 7) is 0. The number of amides is 1. The molecule has 1 aliphatic rings. The first kappa shape index (κ1) is 14.9. The number of carbonyl (C=O) groups is 1. The lowest BCUT2D eigenvalue weighted by Crippen LogP contribution is -2.30. The third-order valence-corrected chi connectivity index (χ3v) is 4.86. The topological polar surface area (TPSA) is 52.2 Å². The lowest BCUT2D eigenvalue weighted by atomic mass is 9.99. The first-order chi connectivity index (χ1) is 9.72. The molecule has 20 heavy (non-hydrogen) atoms. The van der Waals surface area contributed by atoms with Gasteiger partial charge in [0.15, 0.2) is 11.0 Å². The summed E-state index contributed by atoms with van der Waals surface area (Å²) in [5, 5.41) is 2.30. The first-order valence-electron chi connectivity index (χ1n) is 6.71. The van der Waals surface area contributed by atoms with Crippen LogP contribution < -0.4 is 5.32 Å². The molecular weight excluding hydrogens is 270 g/mol. The Bertz CT molecular complexity index is 510. The molecule has 0 heterocycles. The SMILES string of the molecule is CNC(=O)C[S+]([O-])C(C1=CCCC=C1)c1ccccc1. The van der Waals surface area contributed by atoms with E-state index in [2.05, 4.69) is 17.5 Å². The normalized spacial score (nSPS) is 17.2. The highest BCUT2D eigenvalue weighted by molar-refractivity contribution is 7.92. The molecule has 1 amide bonds. The van der Waals surface area contributed by atoms with E-state index in [1.165, 1.54) is 0 Å². The van der Waals surface area contributed by atoms with Crippen molar-refractivity contribution < 1.29 is 9.35 Å². The Morgan fingerprint density at radius 1 is 1.35 bits per heavy atom. The Morgan fingerprint density at radius 2 is 2.10 bits per heavy atom. The molecule has 1 aliphatic carbocycles. The number of hydrogen-bond acceptors (Lipinski definition) is 2. The van der Waals surface area contributed by atoms with Crippen molar-refractivity contribution in [2.45, 2.75) is 18.1 Å². The molecule has 2 rings (SSSR count). The third kappa shape index (κ3) is 3.74. The third-order valence-electron chi connectivity index (χ3n) is 3.24. The second kappa shape index (κ2) is 7.31. The van der Waals surface area contributed by atoms with Gasteiger partial charge in [-0.1, -0.05) is 48.6 Å². The number of benzene rings is 1. The van der Waals surface area contributed by atoms with E-state index in [1.54, 1.807) is 7.05 Å². The van der Waals surface area contributed by atoms with Gasteiger partial charge in [0.05, 0.1) is 0 Å². The number of carbonyl (C=O) groups excluding carboxylic acids is 1. The summed E-state index contributed by atoms with van der Waals surface area (Å²) in [6, 6.07) is 9.75. The molecule has 0 fully saturated rings. The van der Waals surface area contributed by atoms with Gasteiger partial charge >= 0.3 is 0 Å². The van der Waals surface area contributed by atoms with Crippen molar-refractivity contribution in [2.24, 2.45) is 0 Å². The lowest BCUT2D eigenvalue weighted by molar-refractivity contribution is -0.118. The predicted octanol–water partition coefficient (Wildman–Crippen LogP) is 2.50. The Kier molecular flexibility index (Phi) is 5.44. The van der Waals surface area contributed by atoms with Crippen molar-refractivity contribution in [1.29, 1.82) is 0 Å². The zero-order valence-corrected chi connectivity index (χ0v) is 12.4. The average molecular weight is 289 g/mol. The van der Waals surface area contributed by atoms with E-state index in [-0.39, 0.29) is 16.9 Å². The summed E-state index contributed by atoms with van der Waals surface area (Å²) in [5.41, 5.74) is 2.04. The van der Waals surface area contributed by atoms with Gasteiger partial charge in [-0.25, -0.2) is 0 Å². The molecule has 3 nitrogen and oxygen atoms in total. The lowest BCUT2D eigenvalue weighted by Gasteiger charge is -2.24. The molecule has 0 spiro atoms. The zero-order valence-electron chi connectivity index (χ0n) is 11.5. The van der Waals surface area contributed by atoms with Crippen LogP contribution in [0.25, 0.3) is 0 Å². The fraction of sp³-hybridized carbons (Fsp3) is 0.312. The van der Waals surface area contributed by atoms with Crippen LogP contribution in [0.15, 0.2) is 54.1 Å². The Morgan fingerprint density at radius 3 is 2.70 bits per heavy atom. The van der Waals surface area contributed by atoms with E-state index in [4.69, 9.17) is 0 Å². The monoisotopic (exact) mass is 289 g/mol. The Balaban J connectivity index is 2.27. The summed E-state index contributed by atoms with van der Waals surface area (Å²) < 4.78 is 12.6. The largest absolute Gasteiger partial charge is 0.615 e. The van der Waals surface area contributed by atoms with E-state index in [9.17, 15) is 9.35 Å². The number of hydrogen-bond donors (Lipinski definition) is 1. The maximum absolute atomic E-state index is 12.6. The predicted molar refractivity (Wildman–Crippen MR) is 82.7 cm³/mol. The van der Waals surface area contributed by atoms with Gasteiger partial charge in [-0.05, 0) is 24.0 Å². The highest BCUT2D eigenvalue weighted by atomic mass is 32.2. The van der Waals surface area contributed by atoms with Crippen LogP contribution in [0.4, 0.5) is 0 Å². The van der Waals surface area contributed by atoms with Crippen LogP contribution >= 0.6 is 0 Å². The molecule has 2 unspecified atom stereocenters. The van der Waals surface area contributed by atoms with Crippen LogP contribution in [-0.2, 0) is 16.0 Å². The first-order valence-corrected chi connectivity index (χ1v) is 8.10. The molecule has 1 aromatic rings. The molecule has 4 heteroatoms. The van der Waals surface area contributed by atoms with Crippen molar-refractivity contribution >= 4 is 17.1 Å². The fourth-order valence-corrected chi connectivity index (χ4v) is 3.75. The molecule has 0 aliphatic heterocycles. The molecule has 1 aromatic carbocycles. The second-order valence-electron chi connectivity index (χ2n) is 4.67. The molecule has 0 bridgehead atoms. The maximum Gasteiger partial charge on any atom is 0.269 e. The van der Waals surface area contributed by atoms with Crippen molar-refractivity contribution in [1.82, 2.24) is 5.32 Å². The van der Waals surface area contributed by atoms with Gasteiger partial charge in [0, 0.05) is 18.2 Å². The Labute approximate surface area is 123 Å². The van der Waals surface area contributed by atoms with Gasteiger partial charge in [-0.3, -0.25) is 4.79 Å². The van der Waals surface area contributed by atoms with Crippen molar-refractivity contribution in [3.63, 3.8) is 0 Å². The van der Waals surface area contributed by atoms with Crippen LogP contribution in [0.2, 0.25) is 0 Å². The van der Waals surface area contributed by atoms with Gasteiger partial charge in [0.1, 0.15) is 0 Å². The minimum Gasteiger partial charge on any atom is -0.615 e. The van der Waals surface area contributed by atoms with Crippen LogP contribution in [0.1, 0.15) is 23.7 Å². The van der Waals surface area contributed by atoms with Gasteiger partial charge in [-0.15, -0.1) is 0 Å². The van der Waals surface area contributed by atoms with E-state index >= 15 is 0 Å². The highest BCUT2D eigenvalue weighted by Crippen LogP contribution is 2.33. The Hall–Kier alpha value is -1.52. The van der Waals surface area contributed by atoms with Gasteiger partial charge in [0.2, 0.25) is 0 Å². The van der Waals surface area contributed by atoms with Crippen molar-refractivity contribution in [3.8, 4) is 0 Å². The molecule has 0 saturated carbocycles. The van der Waals surface area contributed by atoms with E-state index in [1.807, 2.05) is 36.4 Å². The molecule has 106 valence electrons. The zero-order chi connectivity index (χ0) is 14.4. The van der Waals surface area contributed by atoms with Crippen LogP contribution in [-0.4, -0.2) is 23.3 Å². The smallest absolute Gasteiger partial charge is 0.269 e. The van der Waals surface area contributed by atoms with Crippen LogP contribution in [0, 0.1) is 0 Å². The fourth-order valence-electron chi connectivity index (χ4n) is 2.24. The summed E-state index contributed by atoms with van der Waals surface area (Å²) in [6.07, 6.45) is 8.24. The quantitative estimate of drug-likeness (QED) is 0.847. The summed E-state index contributed by atoms with van der Waals surface area (Å²) in [5.74, 6) is -0.161. The number of rotatable bonds is 5. The van der Waals surface area contributed by atoms with E-state index in [0.29, 0.717) is 0 Å². The molecule has 0 radical (unpaired) electrons.